The molecule has 4 aliphatic rings. The summed E-state index contributed by atoms with van der Waals surface area (Å²) in [7, 11) is 0. The van der Waals surface area contributed by atoms with Crippen molar-refractivity contribution in [1.29, 1.82) is 0 Å². The first-order valence-electron chi connectivity index (χ1n) is 15.2. The van der Waals surface area contributed by atoms with Gasteiger partial charge in [0.05, 0.1) is 12.2 Å². The van der Waals surface area contributed by atoms with Crippen molar-refractivity contribution in [1.82, 2.24) is 0 Å². The molecule has 8 atom stereocenters. The molecular formula is C32H46O10. The maximum absolute atomic E-state index is 13.2. The number of ether oxygens (including phenoxy) is 2. The maximum atomic E-state index is 13.2. The average Bonchev–Trinajstić information content (AvgIpc) is 3.32. The van der Waals surface area contributed by atoms with E-state index in [9.17, 15) is 34.5 Å². The van der Waals surface area contributed by atoms with Crippen LogP contribution in [0.25, 0.3) is 0 Å². The monoisotopic (exact) mass is 590 g/mol. The van der Waals surface area contributed by atoms with Crippen molar-refractivity contribution in [2.75, 3.05) is 6.61 Å². The summed E-state index contributed by atoms with van der Waals surface area (Å²) < 4.78 is 12.1. The standard InChI is InChI=1S/C32H46O10/c1-18-14-23-30(39,27(18)38)16-21(17-33)15-22-26-29(4,5)32(26,42-20(3)34)28(19(2)31(22,23)40)41-25(37)13-11-9-7-6-8-10-12-24(35)36/h14-15,19,22-23,26,28,33,39-40H,6-13,16-17H2,1-5H3,(H,35,36)/t19-,22+,23-,26?,28-,30-,31-,32-/m1/s1. The number of aliphatic carboxylic acids is 1. The van der Waals surface area contributed by atoms with Crippen molar-refractivity contribution < 1.29 is 49.1 Å². The Morgan fingerprint density at radius 1 is 1.00 bits per heavy atom. The van der Waals surface area contributed by atoms with Gasteiger partial charge < -0.3 is 29.9 Å². The number of carboxylic acid groups (broad SMARTS) is 1. The third-order valence-electron chi connectivity index (χ3n) is 10.6. The fourth-order valence-corrected chi connectivity index (χ4v) is 8.51. The number of ketones is 1. The van der Waals surface area contributed by atoms with Gasteiger partial charge in [0.15, 0.2) is 11.4 Å². The van der Waals surface area contributed by atoms with Crippen LogP contribution in [-0.4, -0.2) is 73.6 Å². The molecule has 4 aliphatic carbocycles. The van der Waals surface area contributed by atoms with Crippen LogP contribution in [0.15, 0.2) is 23.3 Å². The SMILES string of the molecule is CC(=O)O[C@]12C([C@@H]3C=C(CO)C[C@]4(O)C(=O)C(C)=C[C@H]4[C@@]3(O)[C@H](C)[C@H]1OC(=O)CCCCCCCCC(=O)O)C2(C)C. The van der Waals surface area contributed by atoms with Gasteiger partial charge in [-0.2, -0.15) is 0 Å². The first-order chi connectivity index (χ1) is 19.6. The molecule has 0 aromatic rings. The number of carbonyl (C=O) groups is 4. The summed E-state index contributed by atoms with van der Waals surface area (Å²) in [5.74, 6) is -5.42. The lowest BCUT2D eigenvalue weighted by Gasteiger charge is -2.53. The molecule has 0 saturated heterocycles. The van der Waals surface area contributed by atoms with Crippen LogP contribution in [0.5, 0.6) is 0 Å². The van der Waals surface area contributed by atoms with Gasteiger partial charge in [0, 0.05) is 55.3 Å². The number of Topliss-reactive ketones (excluding diaryl/α,β-unsaturated/α-hetero) is 1. The van der Waals surface area contributed by atoms with Gasteiger partial charge in [-0.05, 0) is 30.9 Å². The van der Waals surface area contributed by atoms with Crippen molar-refractivity contribution in [3.8, 4) is 0 Å². The topological polar surface area (TPSA) is 168 Å². The molecule has 0 heterocycles. The summed E-state index contributed by atoms with van der Waals surface area (Å²) in [6.07, 6.45) is 6.95. The number of carbonyl (C=O) groups excluding carboxylic acids is 3. The van der Waals surface area contributed by atoms with Crippen LogP contribution in [0.2, 0.25) is 0 Å². The quantitative estimate of drug-likeness (QED) is 0.150. The fourth-order valence-electron chi connectivity index (χ4n) is 8.51. The smallest absolute Gasteiger partial charge is 0.306 e. The van der Waals surface area contributed by atoms with E-state index in [1.807, 2.05) is 13.8 Å². The van der Waals surface area contributed by atoms with Crippen molar-refractivity contribution >= 4 is 23.7 Å². The molecule has 0 bridgehead atoms. The Morgan fingerprint density at radius 2 is 1.60 bits per heavy atom. The zero-order chi connectivity index (χ0) is 31.3. The number of esters is 2. The van der Waals surface area contributed by atoms with Gasteiger partial charge in [-0.25, -0.2) is 0 Å². The van der Waals surface area contributed by atoms with E-state index in [-0.39, 0.29) is 19.3 Å². The summed E-state index contributed by atoms with van der Waals surface area (Å²) in [6.45, 7) is 7.99. The molecule has 10 heteroatoms. The van der Waals surface area contributed by atoms with Gasteiger partial charge in [-0.1, -0.05) is 58.6 Å². The van der Waals surface area contributed by atoms with Gasteiger partial charge in [-0.3, -0.25) is 19.2 Å². The van der Waals surface area contributed by atoms with E-state index < -0.39 is 82.3 Å². The second kappa shape index (κ2) is 11.5. The Balaban J connectivity index is 1.60. The summed E-state index contributed by atoms with van der Waals surface area (Å²) in [5.41, 5.74) is -4.94. The van der Waals surface area contributed by atoms with E-state index in [1.54, 1.807) is 26.0 Å². The first kappa shape index (κ1) is 32.4. The van der Waals surface area contributed by atoms with Crippen molar-refractivity contribution in [3.63, 3.8) is 0 Å². The van der Waals surface area contributed by atoms with Gasteiger partial charge in [-0.15, -0.1) is 0 Å². The molecule has 10 nitrogen and oxygen atoms in total. The Kier molecular flexibility index (Phi) is 8.86. The van der Waals surface area contributed by atoms with Gasteiger partial charge >= 0.3 is 17.9 Å². The molecule has 42 heavy (non-hydrogen) atoms. The molecular weight excluding hydrogens is 544 g/mol. The minimum atomic E-state index is -1.96. The second-order valence-electron chi connectivity index (χ2n) is 13.5. The molecule has 2 fully saturated rings. The second-order valence-corrected chi connectivity index (χ2v) is 13.5. The van der Waals surface area contributed by atoms with Crippen LogP contribution in [0.4, 0.5) is 0 Å². The molecule has 4 rings (SSSR count). The molecule has 4 N–H and O–H groups in total. The zero-order valence-corrected chi connectivity index (χ0v) is 25.4. The largest absolute Gasteiger partial charge is 0.481 e. The molecule has 0 aromatic heterocycles. The van der Waals surface area contributed by atoms with Crippen molar-refractivity contribution in [3.05, 3.63) is 23.3 Å². The number of rotatable bonds is 12. The molecule has 0 radical (unpaired) electrons. The number of aliphatic hydroxyl groups is 3. The van der Waals surface area contributed by atoms with Crippen LogP contribution in [0.3, 0.4) is 0 Å². The number of carboxylic acids is 1. The van der Waals surface area contributed by atoms with Gasteiger partial charge in [0.2, 0.25) is 0 Å². The highest BCUT2D eigenvalue weighted by atomic mass is 16.6. The van der Waals surface area contributed by atoms with Crippen LogP contribution >= 0.6 is 0 Å². The predicted molar refractivity (Wildman–Crippen MR) is 151 cm³/mol. The molecule has 0 spiro atoms. The van der Waals surface area contributed by atoms with Crippen molar-refractivity contribution in [2.24, 2.45) is 29.1 Å². The number of hydrogen-bond donors (Lipinski definition) is 4. The van der Waals surface area contributed by atoms with Crippen molar-refractivity contribution in [2.45, 2.75) is 115 Å². The summed E-state index contributed by atoms with van der Waals surface area (Å²) in [4.78, 5) is 49.6. The number of aliphatic hydroxyl groups excluding tert-OH is 1. The third kappa shape index (κ3) is 5.03. The summed E-state index contributed by atoms with van der Waals surface area (Å²) in [5, 5.41) is 43.4. The summed E-state index contributed by atoms with van der Waals surface area (Å²) >= 11 is 0. The number of fused-ring (bicyclic) bond motifs is 5. The van der Waals surface area contributed by atoms with Crippen LogP contribution < -0.4 is 0 Å². The zero-order valence-electron chi connectivity index (χ0n) is 25.4. The van der Waals surface area contributed by atoms with Crippen LogP contribution in [0, 0.1) is 29.1 Å². The number of hydrogen-bond acceptors (Lipinski definition) is 9. The molecule has 2 saturated carbocycles. The minimum Gasteiger partial charge on any atom is -0.481 e. The Morgan fingerprint density at radius 3 is 2.17 bits per heavy atom. The highest BCUT2D eigenvalue weighted by molar-refractivity contribution is 6.04. The highest BCUT2D eigenvalue weighted by Gasteiger charge is 2.87. The normalized spacial score (nSPS) is 37.8. The predicted octanol–water partition coefficient (Wildman–Crippen LogP) is 3.26. The Labute approximate surface area is 247 Å². The van der Waals surface area contributed by atoms with E-state index in [2.05, 4.69) is 0 Å². The lowest BCUT2D eigenvalue weighted by atomic mass is 9.59. The summed E-state index contributed by atoms with van der Waals surface area (Å²) in [6, 6.07) is 0. The Bertz CT molecular complexity index is 1190. The maximum Gasteiger partial charge on any atom is 0.306 e. The molecule has 0 amide bonds. The van der Waals surface area contributed by atoms with Crippen LogP contribution in [0.1, 0.15) is 92.4 Å². The first-order valence-corrected chi connectivity index (χ1v) is 15.2. The van der Waals surface area contributed by atoms with E-state index in [4.69, 9.17) is 14.6 Å². The van der Waals surface area contributed by atoms with E-state index in [1.165, 1.54) is 6.92 Å². The van der Waals surface area contributed by atoms with E-state index in [0.717, 1.165) is 25.7 Å². The molecule has 0 aromatic carbocycles. The number of unbranched alkanes of at least 4 members (excludes halogenated alkanes) is 5. The van der Waals surface area contributed by atoms with E-state index >= 15 is 0 Å². The average molecular weight is 591 g/mol. The lowest BCUT2D eigenvalue weighted by molar-refractivity contribution is -0.228. The van der Waals surface area contributed by atoms with Gasteiger partial charge in [0.25, 0.3) is 0 Å². The van der Waals surface area contributed by atoms with Gasteiger partial charge in [0.1, 0.15) is 11.7 Å². The molecule has 234 valence electrons. The fraction of sp³-hybridized carbons (Fsp3) is 0.750. The third-order valence-corrected chi connectivity index (χ3v) is 10.6. The molecule has 0 aliphatic heterocycles. The van der Waals surface area contributed by atoms with E-state index in [0.29, 0.717) is 24.0 Å². The van der Waals surface area contributed by atoms with Crippen LogP contribution in [-0.2, 0) is 28.7 Å². The minimum absolute atomic E-state index is 0.126. The Hall–Kier alpha value is -2.56. The highest BCUT2D eigenvalue weighted by Crippen LogP contribution is 2.77. The lowest BCUT2D eigenvalue weighted by Crippen LogP contribution is -2.66. The molecule has 1 unspecified atom stereocenters.